The lowest BCUT2D eigenvalue weighted by atomic mass is 9.99. The number of rotatable bonds is 6. The summed E-state index contributed by atoms with van der Waals surface area (Å²) >= 11 is 0. The molecule has 1 aromatic carbocycles. The van der Waals surface area contributed by atoms with Gasteiger partial charge in [0, 0.05) is 18.8 Å². The van der Waals surface area contributed by atoms with Crippen LogP contribution in [0.3, 0.4) is 0 Å². The number of hydrogen-bond donors (Lipinski definition) is 2. The normalized spacial score (nSPS) is 14.8. The van der Waals surface area contributed by atoms with E-state index < -0.39 is 23.3 Å². The second-order valence-electron chi connectivity index (χ2n) is 6.56. The van der Waals surface area contributed by atoms with Crippen LogP contribution in [0.5, 0.6) is 11.5 Å². The van der Waals surface area contributed by atoms with Gasteiger partial charge in [-0.1, -0.05) is 20.3 Å². The minimum Gasteiger partial charge on any atom is -0.480 e. The molecule has 2 N–H and O–H groups in total. The quantitative estimate of drug-likeness (QED) is 0.801. The Hall–Kier alpha value is -3.03. The van der Waals surface area contributed by atoms with Gasteiger partial charge >= 0.3 is 5.97 Å². The van der Waals surface area contributed by atoms with E-state index in [9.17, 15) is 19.5 Å². The van der Waals surface area contributed by atoms with E-state index in [0.29, 0.717) is 35.4 Å². The van der Waals surface area contributed by atoms with E-state index in [1.807, 2.05) is 13.8 Å². The maximum Gasteiger partial charge on any atom is 0.326 e. The molecule has 1 aromatic heterocycles. The van der Waals surface area contributed by atoms with Crippen LogP contribution in [-0.2, 0) is 11.3 Å². The zero-order valence-electron chi connectivity index (χ0n) is 15.4. The SMILES string of the molecule is CC[C@@H](C)[C@H](NC(=O)c1cn(CC)c2cc3c(cc2c1=O)OCO3)C(=O)O. The molecule has 3 rings (SSSR count). The van der Waals surface area contributed by atoms with Crippen LogP contribution in [0.4, 0.5) is 0 Å². The molecule has 0 saturated heterocycles. The molecule has 27 heavy (non-hydrogen) atoms. The van der Waals surface area contributed by atoms with Gasteiger partial charge in [-0.05, 0) is 18.9 Å². The number of carboxylic acid groups (broad SMARTS) is 1. The van der Waals surface area contributed by atoms with Crippen molar-refractivity contribution in [3.63, 3.8) is 0 Å². The summed E-state index contributed by atoms with van der Waals surface area (Å²) in [6, 6.07) is 2.21. The minimum absolute atomic E-state index is 0.0779. The molecule has 1 aliphatic rings. The Morgan fingerprint density at radius 1 is 1.26 bits per heavy atom. The van der Waals surface area contributed by atoms with Gasteiger partial charge in [-0.3, -0.25) is 9.59 Å². The van der Waals surface area contributed by atoms with Gasteiger partial charge < -0.3 is 24.5 Å². The van der Waals surface area contributed by atoms with Gasteiger partial charge in [0.05, 0.1) is 10.9 Å². The van der Waals surface area contributed by atoms with Crippen molar-refractivity contribution >= 4 is 22.8 Å². The molecule has 2 aromatic rings. The summed E-state index contributed by atoms with van der Waals surface area (Å²) in [7, 11) is 0. The smallest absolute Gasteiger partial charge is 0.326 e. The number of benzene rings is 1. The number of carboxylic acids is 1. The summed E-state index contributed by atoms with van der Waals surface area (Å²) in [5.41, 5.74) is 0.0524. The van der Waals surface area contributed by atoms with Gasteiger partial charge in [-0.2, -0.15) is 0 Å². The maximum atomic E-state index is 12.9. The molecule has 2 atom stereocenters. The van der Waals surface area contributed by atoms with Crippen LogP contribution in [0.2, 0.25) is 0 Å². The number of nitrogens with zero attached hydrogens (tertiary/aromatic N) is 1. The van der Waals surface area contributed by atoms with E-state index in [-0.39, 0.29) is 18.3 Å². The van der Waals surface area contributed by atoms with Crippen molar-refractivity contribution in [1.82, 2.24) is 9.88 Å². The predicted octanol–water partition coefficient (Wildman–Crippen LogP) is 1.98. The molecule has 0 unspecified atom stereocenters. The van der Waals surface area contributed by atoms with Crippen LogP contribution in [0.15, 0.2) is 23.1 Å². The number of aromatic nitrogens is 1. The second-order valence-corrected chi connectivity index (χ2v) is 6.56. The summed E-state index contributed by atoms with van der Waals surface area (Å²) in [4.78, 5) is 37.1. The third-order valence-electron chi connectivity index (χ3n) is 4.93. The Labute approximate surface area is 155 Å². The summed E-state index contributed by atoms with van der Waals surface area (Å²) in [5.74, 6) is -1.10. The fraction of sp³-hybridized carbons (Fsp3) is 0.421. The Kier molecular flexibility index (Phi) is 5.07. The van der Waals surface area contributed by atoms with Crippen LogP contribution in [0.1, 0.15) is 37.6 Å². The molecule has 0 fully saturated rings. The maximum absolute atomic E-state index is 12.9. The molecule has 1 aliphatic heterocycles. The molecule has 1 amide bonds. The monoisotopic (exact) mass is 374 g/mol. The van der Waals surface area contributed by atoms with Gasteiger partial charge in [-0.25, -0.2) is 4.79 Å². The lowest BCUT2D eigenvalue weighted by Gasteiger charge is -2.20. The summed E-state index contributed by atoms with van der Waals surface area (Å²) in [6.07, 6.45) is 2.04. The fourth-order valence-corrected chi connectivity index (χ4v) is 3.11. The number of carbonyl (C=O) groups is 2. The molecule has 144 valence electrons. The topological polar surface area (TPSA) is 107 Å². The van der Waals surface area contributed by atoms with Crippen LogP contribution in [0, 0.1) is 5.92 Å². The van der Waals surface area contributed by atoms with E-state index in [1.165, 1.54) is 6.20 Å². The third-order valence-corrected chi connectivity index (χ3v) is 4.93. The zero-order valence-corrected chi connectivity index (χ0v) is 15.4. The molecule has 0 bridgehead atoms. The third kappa shape index (κ3) is 3.34. The van der Waals surface area contributed by atoms with E-state index in [4.69, 9.17) is 9.47 Å². The number of fused-ring (bicyclic) bond motifs is 2. The van der Waals surface area contributed by atoms with Crippen molar-refractivity contribution < 1.29 is 24.2 Å². The summed E-state index contributed by atoms with van der Waals surface area (Å²) < 4.78 is 12.4. The Balaban J connectivity index is 2.07. The molecule has 0 radical (unpaired) electrons. The highest BCUT2D eigenvalue weighted by atomic mass is 16.7. The molecule has 8 heteroatoms. The van der Waals surface area contributed by atoms with Crippen LogP contribution < -0.4 is 20.2 Å². The summed E-state index contributed by atoms with van der Waals surface area (Å²) in [5, 5.41) is 12.2. The van der Waals surface area contributed by atoms with Gasteiger partial charge in [0.1, 0.15) is 11.6 Å². The number of nitrogens with one attached hydrogen (secondary N) is 1. The van der Waals surface area contributed by atoms with Crippen molar-refractivity contribution in [3.8, 4) is 11.5 Å². The van der Waals surface area contributed by atoms with E-state index in [1.54, 1.807) is 23.6 Å². The number of carbonyl (C=O) groups excluding carboxylic acids is 1. The number of aliphatic carboxylic acids is 1. The van der Waals surface area contributed by atoms with Gasteiger partial charge in [0.25, 0.3) is 5.91 Å². The number of aryl methyl sites for hydroxylation is 1. The first-order valence-corrected chi connectivity index (χ1v) is 8.87. The highest BCUT2D eigenvalue weighted by Gasteiger charge is 2.27. The largest absolute Gasteiger partial charge is 0.480 e. The molecule has 0 aliphatic carbocycles. The first-order chi connectivity index (χ1) is 12.9. The lowest BCUT2D eigenvalue weighted by Crippen LogP contribution is -2.46. The first-order valence-electron chi connectivity index (χ1n) is 8.87. The van der Waals surface area contributed by atoms with Gasteiger partial charge in [-0.15, -0.1) is 0 Å². The second kappa shape index (κ2) is 7.30. The van der Waals surface area contributed by atoms with Crippen molar-refractivity contribution in [1.29, 1.82) is 0 Å². The van der Waals surface area contributed by atoms with E-state index >= 15 is 0 Å². The average Bonchev–Trinajstić information content (AvgIpc) is 3.11. The first kappa shape index (κ1) is 18.8. The number of hydrogen-bond acceptors (Lipinski definition) is 5. The minimum atomic E-state index is -1.13. The Morgan fingerprint density at radius 3 is 2.52 bits per heavy atom. The van der Waals surface area contributed by atoms with Crippen LogP contribution >= 0.6 is 0 Å². The molecule has 0 spiro atoms. The standard InChI is InChI=1S/C19H22N2O6/c1-4-10(3)16(19(24)25)20-18(23)12-8-21(5-2)13-7-15-14(26-9-27-15)6-11(13)17(12)22/h6-8,10,16H,4-5,9H2,1-3H3,(H,20,23)(H,24,25)/t10-,16+/m1/s1. The molecule has 0 saturated carbocycles. The predicted molar refractivity (Wildman–Crippen MR) is 98.4 cm³/mol. The van der Waals surface area contributed by atoms with Gasteiger partial charge in [0.2, 0.25) is 12.2 Å². The van der Waals surface area contributed by atoms with E-state index in [2.05, 4.69) is 5.32 Å². The van der Waals surface area contributed by atoms with Crippen molar-refractivity contribution in [2.75, 3.05) is 6.79 Å². The highest BCUT2D eigenvalue weighted by molar-refractivity contribution is 5.99. The Bertz CT molecular complexity index is 965. The fourth-order valence-electron chi connectivity index (χ4n) is 3.11. The van der Waals surface area contributed by atoms with Crippen molar-refractivity contribution in [3.05, 3.63) is 34.1 Å². The van der Waals surface area contributed by atoms with E-state index in [0.717, 1.165) is 0 Å². The number of ether oxygens (including phenoxy) is 2. The zero-order chi connectivity index (χ0) is 19.7. The van der Waals surface area contributed by atoms with Crippen molar-refractivity contribution in [2.24, 2.45) is 5.92 Å². The Morgan fingerprint density at radius 2 is 1.93 bits per heavy atom. The number of pyridine rings is 1. The highest BCUT2D eigenvalue weighted by Crippen LogP contribution is 2.35. The number of amides is 1. The van der Waals surface area contributed by atoms with Crippen molar-refractivity contribution in [2.45, 2.75) is 39.8 Å². The molecular weight excluding hydrogens is 352 g/mol. The molecular formula is C19H22N2O6. The molecule has 2 heterocycles. The lowest BCUT2D eigenvalue weighted by molar-refractivity contribution is -0.140. The summed E-state index contributed by atoms with van der Waals surface area (Å²) in [6.45, 7) is 6.06. The molecule has 8 nitrogen and oxygen atoms in total. The average molecular weight is 374 g/mol. The van der Waals surface area contributed by atoms with Crippen LogP contribution in [-0.4, -0.2) is 34.4 Å². The van der Waals surface area contributed by atoms with Crippen LogP contribution in [0.25, 0.3) is 10.9 Å². The van der Waals surface area contributed by atoms with Gasteiger partial charge in [0.15, 0.2) is 11.5 Å².